The molecule has 0 aliphatic rings. The van der Waals surface area contributed by atoms with Gasteiger partial charge in [0.15, 0.2) is 0 Å². The van der Waals surface area contributed by atoms with Crippen molar-refractivity contribution in [2.24, 2.45) is 10.9 Å². The van der Waals surface area contributed by atoms with Crippen LogP contribution < -0.4 is 0 Å². The quantitative estimate of drug-likeness (QED) is 0.451. The second-order valence-corrected chi connectivity index (χ2v) is 2.44. The number of hydrogen-bond acceptors (Lipinski definition) is 1. The molecule has 0 fully saturated rings. The topological polar surface area (TPSA) is 12.4 Å². The Morgan fingerprint density at radius 1 is 1.33 bits per heavy atom. The summed E-state index contributed by atoms with van der Waals surface area (Å²) < 4.78 is 0. The van der Waals surface area contributed by atoms with Crippen LogP contribution in [-0.4, -0.2) is 13.3 Å². The molecule has 0 saturated carbocycles. The van der Waals surface area contributed by atoms with E-state index in [4.69, 9.17) is 0 Å². The van der Waals surface area contributed by atoms with E-state index in [0.717, 1.165) is 0 Å². The first-order valence-electron chi connectivity index (χ1n) is 4.47. The summed E-state index contributed by atoms with van der Waals surface area (Å²) in [6.07, 6.45) is 5.64. The van der Waals surface area contributed by atoms with Gasteiger partial charge in [-0.3, -0.25) is 4.99 Å². The molecule has 1 nitrogen and oxygen atoms in total. The molecule has 1 heteroatoms. The van der Waals surface area contributed by atoms with Crippen LogP contribution in [0.2, 0.25) is 0 Å². The highest BCUT2D eigenvalue weighted by atomic mass is 14.6. The largest absolute Gasteiger partial charge is 0.296 e. The fourth-order valence-corrected chi connectivity index (χ4v) is 0.670. The summed E-state index contributed by atoms with van der Waals surface area (Å²) in [6, 6.07) is 0. The highest BCUT2D eigenvalue weighted by Crippen LogP contribution is 2.05. The third kappa shape index (κ3) is 7.26. The Bertz CT molecular complexity index is 152. The van der Waals surface area contributed by atoms with Crippen LogP contribution in [-0.2, 0) is 0 Å². The predicted octanol–water partition coefficient (Wildman–Crippen LogP) is 3.48. The van der Waals surface area contributed by atoms with E-state index in [1.54, 1.807) is 13.1 Å². The number of hydrogen-bond donors (Lipinski definition) is 0. The highest BCUT2D eigenvalue weighted by Gasteiger charge is 1.96. The molecular weight excluding hydrogens is 146 g/mol. The van der Waals surface area contributed by atoms with Gasteiger partial charge in [0.25, 0.3) is 0 Å². The molecule has 0 aromatic rings. The van der Waals surface area contributed by atoms with Gasteiger partial charge in [-0.25, -0.2) is 0 Å². The van der Waals surface area contributed by atoms with Gasteiger partial charge in [-0.1, -0.05) is 46.4 Å². The van der Waals surface area contributed by atoms with Gasteiger partial charge in [-0.05, 0) is 11.5 Å². The van der Waals surface area contributed by atoms with Crippen molar-refractivity contribution < 1.29 is 0 Å². The van der Waals surface area contributed by atoms with Crippen molar-refractivity contribution in [3.63, 3.8) is 0 Å². The number of allylic oxidation sites excluding steroid dienone is 3. The van der Waals surface area contributed by atoms with E-state index in [0.29, 0.717) is 5.92 Å². The minimum Gasteiger partial charge on any atom is -0.296 e. The van der Waals surface area contributed by atoms with Crippen LogP contribution in [0.25, 0.3) is 0 Å². The van der Waals surface area contributed by atoms with Crippen LogP contribution >= 0.6 is 0 Å². The predicted molar refractivity (Wildman–Crippen MR) is 58.9 cm³/mol. The van der Waals surface area contributed by atoms with Gasteiger partial charge in [-0.2, -0.15) is 0 Å². The van der Waals surface area contributed by atoms with Gasteiger partial charge in [-0.15, -0.1) is 0 Å². The minimum absolute atomic E-state index is 0.529. The molecule has 0 unspecified atom stereocenters. The molecule has 0 spiro atoms. The average Bonchev–Trinajstić information content (AvgIpc) is 2.08. The highest BCUT2D eigenvalue weighted by molar-refractivity contribution is 5.79. The van der Waals surface area contributed by atoms with E-state index in [-0.39, 0.29) is 0 Å². The molecule has 0 amide bonds. The second-order valence-electron chi connectivity index (χ2n) is 2.44. The van der Waals surface area contributed by atoms with Crippen LogP contribution in [0.4, 0.5) is 0 Å². The van der Waals surface area contributed by atoms with E-state index >= 15 is 0 Å². The summed E-state index contributed by atoms with van der Waals surface area (Å²) >= 11 is 0. The Kier molecular flexibility index (Phi) is 11.6. The molecule has 70 valence electrons. The SMILES string of the molecule is C=C/C=C(\C=NC)C(C)C.CC. The first-order chi connectivity index (χ1) is 5.72. The van der Waals surface area contributed by atoms with Gasteiger partial charge >= 0.3 is 0 Å². The van der Waals surface area contributed by atoms with Crippen LogP contribution in [0.5, 0.6) is 0 Å². The zero-order valence-corrected chi connectivity index (χ0v) is 8.96. The minimum atomic E-state index is 0.529. The lowest BCUT2D eigenvalue weighted by atomic mass is 10.0. The fourth-order valence-electron chi connectivity index (χ4n) is 0.670. The summed E-state index contributed by atoms with van der Waals surface area (Å²) in [6.45, 7) is 11.9. The van der Waals surface area contributed by atoms with Crippen LogP contribution in [0.15, 0.2) is 29.3 Å². The van der Waals surface area contributed by atoms with Gasteiger partial charge in [0.2, 0.25) is 0 Å². The zero-order chi connectivity index (χ0) is 9.98. The number of nitrogens with zero attached hydrogens (tertiary/aromatic N) is 1. The van der Waals surface area contributed by atoms with Gasteiger partial charge in [0.05, 0.1) is 0 Å². The molecule has 0 saturated heterocycles. The van der Waals surface area contributed by atoms with Crippen molar-refractivity contribution >= 4 is 6.21 Å². The third-order valence-electron chi connectivity index (χ3n) is 1.26. The molecule has 0 rings (SSSR count). The molecule has 0 aliphatic heterocycles. The van der Waals surface area contributed by atoms with Gasteiger partial charge in [0, 0.05) is 13.3 Å². The normalized spacial score (nSPS) is 11.3. The Hall–Kier alpha value is -0.850. The van der Waals surface area contributed by atoms with Crippen LogP contribution in [0.1, 0.15) is 27.7 Å². The average molecular weight is 167 g/mol. The van der Waals surface area contributed by atoms with Crippen molar-refractivity contribution in [3.8, 4) is 0 Å². The fraction of sp³-hybridized carbons (Fsp3) is 0.545. The van der Waals surface area contributed by atoms with Crippen molar-refractivity contribution in [1.29, 1.82) is 0 Å². The smallest absolute Gasteiger partial charge is 0.0277 e. The molecule has 0 heterocycles. The molecular formula is C11H21N. The second kappa shape index (κ2) is 10.2. The maximum atomic E-state index is 3.93. The Balaban J connectivity index is 0. The van der Waals surface area contributed by atoms with E-state index in [9.17, 15) is 0 Å². The molecule has 0 bridgehead atoms. The van der Waals surface area contributed by atoms with Crippen molar-refractivity contribution in [1.82, 2.24) is 0 Å². The molecule has 0 aromatic carbocycles. The lowest BCUT2D eigenvalue weighted by molar-refractivity contribution is 0.806. The van der Waals surface area contributed by atoms with Crippen LogP contribution in [0, 0.1) is 5.92 Å². The van der Waals surface area contributed by atoms with Gasteiger partial charge < -0.3 is 0 Å². The Morgan fingerprint density at radius 2 is 1.83 bits per heavy atom. The monoisotopic (exact) mass is 167 g/mol. The van der Waals surface area contributed by atoms with Crippen molar-refractivity contribution in [3.05, 3.63) is 24.3 Å². The molecule has 0 N–H and O–H groups in total. The summed E-state index contributed by atoms with van der Waals surface area (Å²) in [5, 5.41) is 0. The van der Waals surface area contributed by atoms with E-state index in [1.807, 2.05) is 26.1 Å². The summed E-state index contributed by atoms with van der Waals surface area (Å²) in [5.74, 6) is 0.529. The van der Waals surface area contributed by atoms with Gasteiger partial charge in [0.1, 0.15) is 0 Å². The maximum absolute atomic E-state index is 3.93. The summed E-state index contributed by atoms with van der Waals surface area (Å²) in [7, 11) is 1.78. The van der Waals surface area contributed by atoms with E-state index in [1.165, 1.54) is 5.57 Å². The number of aliphatic imine (C=N–C) groups is 1. The Morgan fingerprint density at radius 3 is 2.08 bits per heavy atom. The molecule has 0 aliphatic carbocycles. The number of rotatable bonds is 3. The summed E-state index contributed by atoms with van der Waals surface area (Å²) in [4.78, 5) is 3.93. The third-order valence-corrected chi connectivity index (χ3v) is 1.26. The van der Waals surface area contributed by atoms with Crippen molar-refractivity contribution in [2.75, 3.05) is 7.05 Å². The van der Waals surface area contributed by atoms with Crippen molar-refractivity contribution in [2.45, 2.75) is 27.7 Å². The molecule has 12 heavy (non-hydrogen) atoms. The Labute approximate surface area is 76.9 Å². The maximum Gasteiger partial charge on any atom is 0.0277 e. The van der Waals surface area contributed by atoms with Crippen LogP contribution in [0.3, 0.4) is 0 Å². The standard InChI is InChI=1S/C9H15N.C2H6/c1-5-6-9(7-10-4)8(2)3;1-2/h5-8H,1H2,2-4H3;1-2H3/b9-6+,10-7?;. The zero-order valence-electron chi connectivity index (χ0n) is 8.96. The molecule has 0 radical (unpaired) electrons. The van der Waals surface area contributed by atoms with E-state index in [2.05, 4.69) is 25.4 Å². The first kappa shape index (κ1) is 13.7. The molecule has 0 atom stereocenters. The first-order valence-corrected chi connectivity index (χ1v) is 4.47. The lowest BCUT2D eigenvalue weighted by Crippen LogP contribution is -1.94. The van der Waals surface area contributed by atoms with E-state index < -0.39 is 0 Å². The lowest BCUT2D eigenvalue weighted by Gasteiger charge is -2.02. The molecule has 0 aromatic heterocycles. The summed E-state index contributed by atoms with van der Waals surface area (Å²) in [5.41, 5.74) is 1.22.